The van der Waals surface area contributed by atoms with Gasteiger partial charge in [-0.25, -0.2) is 4.98 Å². The molecule has 1 unspecified atom stereocenters. The Morgan fingerprint density at radius 2 is 2.33 bits per heavy atom. The standard InChI is InChI=1S/C9H15N3O2S/c1-4-5-9(3,7(13)14)15-8-10-6(2)11-12-8/h4-5H2,1-3H3,(H,13,14)(H,10,11,12). The fourth-order valence-corrected chi connectivity index (χ4v) is 2.32. The van der Waals surface area contributed by atoms with Gasteiger partial charge in [0.05, 0.1) is 0 Å². The van der Waals surface area contributed by atoms with E-state index >= 15 is 0 Å². The zero-order valence-corrected chi connectivity index (χ0v) is 9.89. The third-order valence-corrected chi connectivity index (χ3v) is 3.27. The Balaban J connectivity index is 2.79. The molecule has 6 heteroatoms. The van der Waals surface area contributed by atoms with Crippen molar-refractivity contribution in [1.29, 1.82) is 0 Å². The van der Waals surface area contributed by atoms with E-state index in [1.54, 1.807) is 13.8 Å². The molecule has 1 aromatic heterocycles. The van der Waals surface area contributed by atoms with Crippen LogP contribution in [0.5, 0.6) is 0 Å². The van der Waals surface area contributed by atoms with Crippen molar-refractivity contribution in [3.05, 3.63) is 5.82 Å². The van der Waals surface area contributed by atoms with Crippen LogP contribution in [0.25, 0.3) is 0 Å². The summed E-state index contributed by atoms with van der Waals surface area (Å²) in [6, 6.07) is 0. The van der Waals surface area contributed by atoms with Crippen molar-refractivity contribution in [1.82, 2.24) is 15.2 Å². The number of thioether (sulfide) groups is 1. The second-order valence-corrected chi connectivity index (χ2v) is 5.06. The van der Waals surface area contributed by atoms with Gasteiger partial charge in [0.2, 0.25) is 5.16 Å². The number of nitrogens with one attached hydrogen (secondary N) is 1. The lowest BCUT2D eigenvalue weighted by molar-refractivity contribution is -0.139. The minimum Gasteiger partial charge on any atom is -0.480 e. The summed E-state index contributed by atoms with van der Waals surface area (Å²) in [7, 11) is 0. The lowest BCUT2D eigenvalue weighted by Crippen LogP contribution is -2.31. The number of aliphatic carboxylic acids is 1. The van der Waals surface area contributed by atoms with Gasteiger partial charge in [0.15, 0.2) is 0 Å². The smallest absolute Gasteiger partial charge is 0.319 e. The van der Waals surface area contributed by atoms with E-state index in [1.165, 1.54) is 11.8 Å². The molecule has 1 rings (SSSR count). The van der Waals surface area contributed by atoms with Gasteiger partial charge in [-0.15, -0.1) is 5.10 Å². The summed E-state index contributed by atoms with van der Waals surface area (Å²) in [4.78, 5) is 15.2. The Morgan fingerprint density at radius 3 is 2.73 bits per heavy atom. The first kappa shape index (κ1) is 12.0. The molecule has 0 aliphatic rings. The molecule has 1 heterocycles. The van der Waals surface area contributed by atoms with E-state index in [0.717, 1.165) is 6.42 Å². The SMILES string of the molecule is CCCC(C)(Sc1n[nH]c(C)n1)C(=O)O. The van der Waals surface area contributed by atoms with E-state index in [0.29, 0.717) is 17.4 Å². The summed E-state index contributed by atoms with van der Waals surface area (Å²) in [5.41, 5.74) is 0. The summed E-state index contributed by atoms with van der Waals surface area (Å²) >= 11 is 1.19. The molecule has 0 aliphatic carbocycles. The summed E-state index contributed by atoms with van der Waals surface area (Å²) < 4.78 is -0.844. The zero-order valence-electron chi connectivity index (χ0n) is 9.07. The van der Waals surface area contributed by atoms with Crippen molar-refractivity contribution in [2.75, 3.05) is 0 Å². The summed E-state index contributed by atoms with van der Waals surface area (Å²) in [5, 5.41) is 16.3. The van der Waals surface area contributed by atoms with Crippen molar-refractivity contribution >= 4 is 17.7 Å². The zero-order chi connectivity index (χ0) is 11.5. The summed E-state index contributed by atoms with van der Waals surface area (Å²) in [5.74, 6) is -0.126. The Bertz CT molecular complexity index is 353. The highest BCUT2D eigenvalue weighted by molar-refractivity contribution is 8.01. The van der Waals surface area contributed by atoms with Crippen LogP contribution in [-0.4, -0.2) is 31.0 Å². The number of hydrogen-bond donors (Lipinski definition) is 2. The number of aryl methyl sites for hydroxylation is 1. The third kappa shape index (κ3) is 2.95. The Kier molecular flexibility index (Phi) is 3.73. The number of aromatic nitrogens is 3. The van der Waals surface area contributed by atoms with Crippen LogP contribution < -0.4 is 0 Å². The quantitative estimate of drug-likeness (QED) is 0.753. The number of aromatic amines is 1. The van der Waals surface area contributed by atoms with Crippen LogP contribution in [0.3, 0.4) is 0 Å². The largest absolute Gasteiger partial charge is 0.480 e. The maximum atomic E-state index is 11.1. The molecule has 0 spiro atoms. The second kappa shape index (κ2) is 4.65. The molecular formula is C9H15N3O2S. The number of rotatable bonds is 5. The van der Waals surface area contributed by atoms with E-state index in [1.807, 2.05) is 6.92 Å². The van der Waals surface area contributed by atoms with Crippen LogP contribution in [0, 0.1) is 6.92 Å². The van der Waals surface area contributed by atoms with Gasteiger partial charge in [-0.2, -0.15) is 0 Å². The fourth-order valence-electron chi connectivity index (χ4n) is 1.25. The van der Waals surface area contributed by atoms with Crippen molar-refractivity contribution in [3.8, 4) is 0 Å². The molecule has 0 saturated carbocycles. The molecule has 15 heavy (non-hydrogen) atoms. The van der Waals surface area contributed by atoms with E-state index in [2.05, 4.69) is 15.2 Å². The van der Waals surface area contributed by atoms with Gasteiger partial charge < -0.3 is 5.11 Å². The Morgan fingerprint density at radius 1 is 1.67 bits per heavy atom. The molecule has 0 aliphatic heterocycles. The van der Waals surface area contributed by atoms with Gasteiger partial charge in [0.1, 0.15) is 10.6 Å². The number of carbonyl (C=O) groups is 1. The third-order valence-electron chi connectivity index (χ3n) is 2.07. The van der Waals surface area contributed by atoms with Gasteiger partial charge >= 0.3 is 5.97 Å². The van der Waals surface area contributed by atoms with Crippen LogP contribution in [0.2, 0.25) is 0 Å². The topological polar surface area (TPSA) is 78.9 Å². The van der Waals surface area contributed by atoms with Gasteiger partial charge in [-0.3, -0.25) is 9.89 Å². The predicted molar refractivity (Wildman–Crippen MR) is 57.9 cm³/mol. The monoisotopic (exact) mass is 229 g/mol. The minimum atomic E-state index is -0.844. The second-order valence-electron chi connectivity index (χ2n) is 3.59. The lowest BCUT2D eigenvalue weighted by atomic mass is 10.1. The fraction of sp³-hybridized carbons (Fsp3) is 0.667. The van der Waals surface area contributed by atoms with Gasteiger partial charge in [-0.1, -0.05) is 25.1 Å². The van der Waals surface area contributed by atoms with Crippen molar-refractivity contribution < 1.29 is 9.90 Å². The van der Waals surface area contributed by atoms with Crippen molar-refractivity contribution in [2.24, 2.45) is 0 Å². The molecule has 5 nitrogen and oxygen atoms in total. The Labute approximate surface area is 92.7 Å². The first-order chi connectivity index (χ1) is 6.98. The molecular weight excluding hydrogens is 214 g/mol. The van der Waals surface area contributed by atoms with E-state index in [4.69, 9.17) is 5.11 Å². The molecule has 0 aromatic carbocycles. The van der Waals surface area contributed by atoms with Crippen LogP contribution in [-0.2, 0) is 4.79 Å². The van der Waals surface area contributed by atoms with Crippen LogP contribution in [0.4, 0.5) is 0 Å². The number of hydrogen-bond acceptors (Lipinski definition) is 4. The maximum absolute atomic E-state index is 11.1. The summed E-state index contributed by atoms with van der Waals surface area (Å²) in [6.07, 6.45) is 1.42. The normalized spacial score (nSPS) is 14.9. The highest BCUT2D eigenvalue weighted by Crippen LogP contribution is 2.34. The van der Waals surface area contributed by atoms with Crippen LogP contribution in [0.15, 0.2) is 5.16 Å². The Hall–Kier alpha value is -1.04. The number of carboxylic acid groups (broad SMARTS) is 1. The first-order valence-corrected chi connectivity index (χ1v) is 5.61. The average Bonchev–Trinajstić information content (AvgIpc) is 2.51. The molecule has 1 aromatic rings. The predicted octanol–water partition coefficient (Wildman–Crippen LogP) is 1.85. The molecule has 2 N–H and O–H groups in total. The highest BCUT2D eigenvalue weighted by Gasteiger charge is 2.34. The summed E-state index contributed by atoms with van der Waals surface area (Å²) in [6.45, 7) is 5.45. The van der Waals surface area contributed by atoms with Gasteiger partial charge in [0, 0.05) is 0 Å². The van der Waals surface area contributed by atoms with Gasteiger partial charge in [-0.05, 0) is 20.3 Å². The van der Waals surface area contributed by atoms with Crippen molar-refractivity contribution in [2.45, 2.75) is 43.5 Å². The number of carboxylic acids is 1. The van der Waals surface area contributed by atoms with Crippen LogP contribution in [0.1, 0.15) is 32.5 Å². The molecule has 0 saturated heterocycles. The molecule has 84 valence electrons. The first-order valence-electron chi connectivity index (χ1n) is 4.79. The highest BCUT2D eigenvalue weighted by atomic mass is 32.2. The molecule has 0 amide bonds. The van der Waals surface area contributed by atoms with Crippen molar-refractivity contribution in [3.63, 3.8) is 0 Å². The van der Waals surface area contributed by atoms with E-state index in [9.17, 15) is 4.79 Å². The molecule has 0 bridgehead atoms. The lowest BCUT2D eigenvalue weighted by Gasteiger charge is -2.21. The maximum Gasteiger partial charge on any atom is 0.319 e. The number of nitrogens with zero attached hydrogens (tertiary/aromatic N) is 2. The number of H-pyrrole nitrogens is 1. The molecule has 1 atom stereocenters. The van der Waals surface area contributed by atoms with E-state index < -0.39 is 10.7 Å². The average molecular weight is 229 g/mol. The minimum absolute atomic E-state index is 0.492. The molecule has 0 radical (unpaired) electrons. The van der Waals surface area contributed by atoms with E-state index in [-0.39, 0.29) is 0 Å². The molecule has 0 fully saturated rings. The van der Waals surface area contributed by atoms with Crippen LogP contribution >= 0.6 is 11.8 Å². The van der Waals surface area contributed by atoms with Gasteiger partial charge in [0.25, 0.3) is 0 Å².